The van der Waals surface area contributed by atoms with Crippen molar-refractivity contribution in [2.75, 3.05) is 17.1 Å². The van der Waals surface area contributed by atoms with Crippen molar-refractivity contribution in [2.45, 2.75) is 19.8 Å². The van der Waals surface area contributed by atoms with Gasteiger partial charge in [0.1, 0.15) is 17.2 Å². The molecule has 0 aliphatic carbocycles. The van der Waals surface area contributed by atoms with Gasteiger partial charge in [-0.2, -0.15) is 17.1 Å². The maximum atomic E-state index is 7.89. The minimum atomic E-state index is -1.27. The first kappa shape index (κ1) is 23.7. The normalized spacial score (nSPS) is 13.5. The fourth-order valence-corrected chi connectivity index (χ4v) is 5.03. The summed E-state index contributed by atoms with van der Waals surface area (Å²) in [6.45, 7) is 3.08. The number of fused-ring (bicyclic) bond motifs is 4. The molecule has 3 heterocycles. The smallest absolute Gasteiger partial charge is 0.145 e. The number of anilines is 3. The van der Waals surface area contributed by atoms with Crippen molar-refractivity contribution in [3.05, 3.63) is 115 Å². The summed E-state index contributed by atoms with van der Waals surface area (Å²) in [5.74, 6) is 2.27. The van der Waals surface area contributed by atoms with Gasteiger partial charge in [-0.05, 0) is 47.2 Å². The van der Waals surface area contributed by atoms with Crippen molar-refractivity contribution in [1.82, 2.24) is 9.55 Å². The van der Waals surface area contributed by atoms with Crippen LogP contribution < -0.4 is 14.9 Å². The Hall–Kier alpha value is -4.12. The van der Waals surface area contributed by atoms with Crippen LogP contribution in [0.1, 0.15) is 28.1 Å². The average Bonchev–Trinajstić information content (AvgIpc) is 3.54. The molecule has 0 amide bonds. The molecule has 6 nitrogen and oxygen atoms in total. The van der Waals surface area contributed by atoms with Crippen LogP contribution in [-0.4, -0.2) is 21.5 Å². The van der Waals surface area contributed by atoms with Gasteiger partial charge in [-0.25, -0.2) is 4.98 Å². The second-order valence-corrected chi connectivity index (χ2v) is 9.78. The monoisotopic (exact) mass is 708 g/mol. The van der Waals surface area contributed by atoms with Crippen LogP contribution in [0.3, 0.4) is 0 Å². The van der Waals surface area contributed by atoms with Crippen LogP contribution in [0.4, 0.5) is 17.1 Å². The molecule has 0 radical (unpaired) electrons. The van der Waals surface area contributed by atoms with Gasteiger partial charge in [0.05, 0.1) is 9.74 Å². The molecule has 0 unspecified atom stereocenters. The third-order valence-corrected chi connectivity index (χ3v) is 6.97. The molecule has 202 valence electrons. The Morgan fingerprint density at radius 2 is 1.65 bits per heavy atom. The van der Waals surface area contributed by atoms with Crippen molar-refractivity contribution in [2.24, 2.45) is 0 Å². The minimum absolute atomic E-state index is 0. The van der Waals surface area contributed by atoms with Gasteiger partial charge in [0.25, 0.3) is 0 Å². The third kappa shape index (κ3) is 4.43. The predicted molar refractivity (Wildman–Crippen MR) is 156 cm³/mol. The van der Waals surface area contributed by atoms with E-state index < -0.39 is 7.00 Å². The molecule has 0 fully saturated rings. The van der Waals surface area contributed by atoms with Crippen molar-refractivity contribution >= 4 is 38.9 Å². The molecule has 1 aliphatic heterocycles. The Balaban J connectivity index is 0.00000316. The molecule has 7 rings (SSSR count). The number of nitrogens with zero attached hydrogens (tertiary/aromatic N) is 4. The van der Waals surface area contributed by atoms with Gasteiger partial charge in [-0.3, -0.25) is 0 Å². The van der Waals surface area contributed by atoms with Crippen LogP contribution in [0.5, 0.6) is 11.5 Å². The van der Waals surface area contributed by atoms with Gasteiger partial charge < -0.3 is 9.30 Å². The van der Waals surface area contributed by atoms with E-state index in [4.69, 9.17) is 12.5 Å². The first-order valence-corrected chi connectivity index (χ1v) is 12.8. The largest absolute Gasteiger partial charge is 0.509 e. The van der Waals surface area contributed by atoms with Crippen molar-refractivity contribution in [3.63, 3.8) is 0 Å². The molecular formula is C33H27N4O2Pt-. The van der Waals surface area contributed by atoms with E-state index in [1.165, 1.54) is 10.6 Å². The van der Waals surface area contributed by atoms with E-state index in [1.807, 2.05) is 66.9 Å². The van der Waals surface area contributed by atoms with Crippen molar-refractivity contribution < 1.29 is 33.5 Å². The first-order valence-electron chi connectivity index (χ1n) is 14.0. The van der Waals surface area contributed by atoms with E-state index in [0.29, 0.717) is 28.8 Å². The van der Waals surface area contributed by atoms with E-state index in [2.05, 4.69) is 65.8 Å². The molecule has 7 heteroatoms. The number of hydrogen-bond acceptors (Lipinski definition) is 4. The van der Waals surface area contributed by atoms with E-state index in [-0.39, 0.29) is 21.1 Å². The number of aromatic nitrogens is 2. The van der Waals surface area contributed by atoms with Crippen LogP contribution in [0.2, 0.25) is 0 Å². The average molecular weight is 709 g/mol. The quantitative estimate of drug-likeness (QED) is 0.134. The molecule has 40 heavy (non-hydrogen) atoms. The van der Waals surface area contributed by atoms with Crippen LogP contribution in [0, 0.1) is 12.1 Å². The van der Waals surface area contributed by atoms with E-state index >= 15 is 0 Å². The predicted octanol–water partition coefficient (Wildman–Crippen LogP) is 8.12. The van der Waals surface area contributed by atoms with Crippen molar-refractivity contribution in [3.8, 4) is 17.3 Å². The zero-order chi connectivity index (χ0) is 28.1. The summed E-state index contributed by atoms with van der Waals surface area (Å²) < 4.78 is 24.2. The standard InChI is InChI=1S/C33H26N4O2.Pt/c1-22(2)23-17-18-34-33(19-23)36-29-12-5-4-11-27(29)28-16-15-26(21-32(28)36)38-25-10-8-9-24(20-25)37-31-14-7-6-13-30(31)35(3)39-37;/h4-19,22H,1-3H3;/q-2;/p+1/i3D2;. The summed E-state index contributed by atoms with van der Waals surface area (Å²) in [7, 11) is 0. The van der Waals surface area contributed by atoms with Crippen LogP contribution in [0.25, 0.3) is 27.6 Å². The van der Waals surface area contributed by atoms with Gasteiger partial charge >= 0.3 is 0 Å². The molecule has 1 N–H and O–H groups in total. The minimum Gasteiger partial charge on any atom is -0.509 e. The van der Waals surface area contributed by atoms with E-state index in [9.17, 15) is 0 Å². The molecule has 4 aromatic carbocycles. The zero-order valence-corrected chi connectivity index (χ0v) is 24.1. The number of ether oxygens (including phenoxy) is 1. The fourth-order valence-electron chi connectivity index (χ4n) is 5.03. The maximum absolute atomic E-state index is 7.89. The second kappa shape index (κ2) is 10.5. The van der Waals surface area contributed by atoms with Gasteiger partial charge in [0.2, 0.25) is 0 Å². The summed E-state index contributed by atoms with van der Waals surface area (Å²) in [5.41, 5.74) is 5.27. The third-order valence-electron chi connectivity index (χ3n) is 6.97. The summed E-state index contributed by atoms with van der Waals surface area (Å²) in [5, 5.41) is 5.22. The summed E-state index contributed by atoms with van der Waals surface area (Å²) in [6.07, 6.45) is 1.86. The van der Waals surface area contributed by atoms with Crippen LogP contribution in [0.15, 0.2) is 97.2 Å². The molecular weight excluding hydrogens is 679 g/mol. The Labute approximate surface area is 250 Å². The van der Waals surface area contributed by atoms with Gasteiger partial charge in [-0.15, -0.1) is 45.8 Å². The van der Waals surface area contributed by atoms with Crippen LogP contribution >= 0.6 is 0 Å². The maximum Gasteiger partial charge on any atom is 0.145 e. The molecule has 0 saturated heterocycles. The van der Waals surface area contributed by atoms with E-state index in [0.717, 1.165) is 33.3 Å². The topological polar surface area (TPSA) is 46.3 Å². The number of para-hydroxylation sites is 3. The molecule has 0 atom stereocenters. The SMILES string of the molecule is [2H]C([2H])N1[OH+]N(c2[c-]c(Oc3[c-]c4c(cc3)c3ccccc3n4-c3cc(C(C)C)ccn3)ccc2)c2ccccc21.[Pt]. The van der Waals surface area contributed by atoms with Gasteiger partial charge in [0, 0.05) is 50.0 Å². The number of hydroxylamine groups is 1. The number of pyridine rings is 1. The molecule has 0 saturated carbocycles. The second-order valence-electron chi connectivity index (χ2n) is 9.78. The van der Waals surface area contributed by atoms with Crippen LogP contribution in [-0.2, 0) is 21.1 Å². The Kier molecular flexibility index (Phi) is 6.20. The molecule has 0 bridgehead atoms. The van der Waals surface area contributed by atoms with Gasteiger partial charge in [-0.1, -0.05) is 49.7 Å². The molecule has 6 aromatic rings. The Bertz CT molecular complexity index is 1910. The molecule has 2 aromatic heterocycles. The summed E-state index contributed by atoms with van der Waals surface area (Å²) in [4.78, 5) is 9.21. The Morgan fingerprint density at radius 1 is 0.850 bits per heavy atom. The van der Waals surface area contributed by atoms with E-state index in [1.54, 1.807) is 5.06 Å². The van der Waals surface area contributed by atoms with Crippen molar-refractivity contribution in [1.29, 1.82) is 0 Å². The molecule has 1 aliphatic rings. The number of benzene rings is 4. The molecule has 0 spiro atoms. The number of hydrogen-bond donors (Lipinski definition) is 0. The summed E-state index contributed by atoms with van der Waals surface area (Å²) in [6, 6.07) is 36.4. The van der Waals surface area contributed by atoms with Gasteiger partial charge in [0.15, 0.2) is 0 Å². The zero-order valence-electron chi connectivity index (χ0n) is 23.9. The summed E-state index contributed by atoms with van der Waals surface area (Å²) >= 11 is 0. The first-order chi connectivity index (χ1) is 20.0. The fraction of sp³-hybridized carbons (Fsp3) is 0.121. The Morgan fingerprint density at radius 3 is 2.50 bits per heavy atom. The number of rotatable bonds is 5.